The first kappa shape index (κ1) is 21.8. The van der Waals surface area contributed by atoms with Crippen LogP contribution in [0.15, 0.2) is 47.3 Å². The van der Waals surface area contributed by atoms with Crippen LogP contribution < -0.4 is 11.4 Å². The van der Waals surface area contributed by atoms with Gasteiger partial charge in [0.2, 0.25) is 5.95 Å². The predicted molar refractivity (Wildman–Crippen MR) is 112 cm³/mol. The molecule has 32 heavy (non-hydrogen) atoms. The molecule has 166 valence electrons. The molecule has 0 spiro atoms. The molecule has 4 rings (SSSR count). The van der Waals surface area contributed by atoms with Gasteiger partial charge in [0.05, 0.1) is 36.5 Å². The molecule has 4 aromatic rings. The van der Waals surface area contributed by atoms with E-state index in [0.717, 1.165) is 4.40 Å². The van der Waals surface area contributed by atoms with Gasteiger partial charge >= 0.3 is 11.9 Å². The Balaban J connectivity index is 2.05. The fourth-order valence-electron chi connectivity index (χ4n) is 3.33. The summed E-state index contributed by atoms with van der Waals surface area (Å²) in [6.45, 7) is -1.08. The maximum atomic E-state index is 12.8. The number of nitrogen functional groups attached to an aromatic ring is 1. The van der Waals surface area contributed by atoms with E-state index in [-0.39, 0.29) is 22.4 Å². The summed E-state index contributed by atoms with van der Waals surface area (Å²) in [6.07, 6.45) is -5.70. The first-order valence-corrected chi connectivity index (χ1v) is 9.74. The molecule has 1 aromatic carbocycles. The highest BCUT2D eigenvalue weighted by Crippen LogP contribution is 2.35. The standard InChI is InChI=1S/C20H16ClF3N6O2/c21-14-9-12(8-13(10-31)26-14)15-16(11-4-2-1-3-5-11)27-18(25)30-17(15)28-29(19(30)32)7-6-20(22,23)24/h1-5,8-9,31H,6-7,10H2,(H2,25,27). The Morgan fingerprint density at radius 2 is 1.81 bits per heavy atom. The second-order valence-corrected chi connectivity index (χ2v) is 7.30. The molecule has 12 heteroatoms. The van der Waals surface area contributed by atoms with Crippen molar-refractivity contribution < 1.29 is 18.3 Å². The van der Waals surface area contributed by atoms with E-state index in [9.17, 15) is 23.1 Å². The number of anilines is 1. The third kappa shape index (κ3) is 4.16. The maximum absolute atomic E-state index is 12.8. The van der Waals surface area contributed by atoms with Gasteiger partial charge in [0.15, 0.2) is 5.65 Å². The van der Waals surface area contributed by atoms with Crippen LogP contribution in [0, 0.1) is 0 Å². The smallest absolute Gasteiger partial charge is 0.390 e. The summed E-state index contributed by atoms with van der Waals surface area (Å²) in [7, 11) is 0. The van der Waals surface area contributed by atoms with Gasteiger partial charge in [0.1, 0.15) is 5.15 Å². The number of pyridine rings is 1. The summed E-state index contributed by atoms with van der Waals surface area (Å²) in [5, 5.41) is 13.7. The number of aliphatic hydroxyl groups excluding tert-OH is 1. The first-order valence-electron chi connectivity index (χ1n) is 9.37. The van der Waals surface area contributed by atoms with Crippen molar-refractivity contribution in [2.24, 2.45) is 0 Å². The van der Waals surface area contributed by atoms with Gasteiger partial charge in [-0.25, -0.2) is 23.8 Å². The minimum Gasteiger partial charge on any atom is -0.390 e. The molecule has 0 aliphatic carbocycles. The van der Waals surface area contributed by atoms with E-state index in [1.807, 2.05) is 0 Å². The highest BCUT2D eigenvalue weighted by molar-refractivity contribution is 6.29. The van der Waals surface area contributed by atoms with Crippen LogP contribution >= 0.6 is 11.6 Å². The Hall–Kier alpha value is -3.44. The van der Waals surface area contributed by atoms with Crippen LogP contribution in [0.3, 0.4) is 0 Å². The Morgan fingerprint density at radius 1 is 1.09 bits per heavy atom. The van der Waals surface area contributed by atoms with Gasteiger partial charge in [-0.05, 0) is 17.7 Å². The van der Waals surface area contributed by atoms with E-state index < -0.39 is 31.4 Å². The zero-order valence-electron chi connectivity index (χ0n) is 16.3. The third-order valence-corrected chi connectivity index (χ3v) is 4.90. The highest BCUT2D eigenvalue weighted by Gasteiger charge is 2.28. The number of rotatable bonds is 5. The summed E-state index contributed by atoms with van der Waals surface area (Å²) < 4.78 is 39.9. The van der Waals surface area contributed by atoms with Crippen molar-refractivity contribution >= 4 is 23.2 Å². The lowest BCUT2D eigenvalue weighted by Gasteiger charge is -2.13. The molecule has 3 heterocycles. The maximum Gasteiger partial charge on any atom is 0.390 e. The van der Waals surface area contributed by atoms with E-state index >= 15 is 0 Å². The fourth-order valence-corrected chi connectivity index (χ4v) is 3.55. The molecule has 0 radical (unpaired) electrons. The molecule has 0 saturated heterocycles. The molecule has 0 aliphatic heterocycles. The Labute approximate surface area is 183 Å². The van der Waals surface area contributed by atoms with E-state index in [1.54, 1.807) is 30.3 Å². The van der Waals surface area contributed by atoms with E-state index in [0.29, 0.717) is 27.1 Å². The van der Waals surface area contributed by atoms with Gasteiger partial charge in [-0.1, -0.05) is 41.9 Å². The van der Waals surface area contributed by atoms with E-state index in [1.165, 1.54) is 12.1 Å². The van der Waals surface area contributed by atoms with Crippen LogP contribution in [0.5, 0.6) is 0 Å². The number of alkyl halides is 3. The number of halogens is 4. The fraction of sp³-hybridized carbons (Fsp3) is 0.200. The second-order valence-electron chi connectivity index (χ2n) is 6.92. The molecule has 3 N–H and O–H groups in total. The normalized spacial score (nSPS) is 11.9. The topological polar surface area (TPSA) is 111 Å². The molecule has 0 amide bonds. The van der Waals surface area contributed by atoms with Crippen LogP contribution in [0.1, 0.15) is 12.1 Å². The molecule has 0 fully saturated rings. The quantitative estimate of drug-likeness (QED) is 0.438. The van der Waals surface area contributed by atoms with Crippen molar-refractivity contribution in [3.8, 4) is 22.4 Å². The van der Waals surface area contributed by atoms with E-state index in [4.69, 9.17) is 17.3 Å². The summed E-state index contributed by atoms with van der Waals surface area (Å²) >= 11 is 6.11. The molecule has 0 bridgehead atoms. The lowest BCUT2D eigenvalue weighted by molar-refractivity contribution is -0.137. The molecular formula is C20H16ClF3N6O2. The molecular weight excluding hydrogens is 449 g/mol. The summed E-state index contributed by atoms with van der Waals surface area (Å²) in [4.78, 5) is 21.1. The minimum absolute atomic E-state index is 0.00897. The van der Waals surface area contributed by atoms with Gasteiger partial charge in [-0.2, -0.15) is 13.2 Å². The number of nitrogens with zero attached hydrogens (tertiary/aromatic N) is 5. The third-order valence-electron chi connectivity index (χ3n) is 4.71. The van der Waals surface area contributed by atoms with Crippen LogP contribution in [-0.2, 0) is 13.2 Å². The van der Waals surface area contributed by atoms with Crippen molar-refractivity contribution in [2.45, 2.75) is 25.7 Å². The van der Waals surface area contributed by atoms with Crippen LogP contribution in [0.25, 0.3) is 28.0 Å². The van der Waals surface area contributed by atoms with Gasteiger partial charge in [0, 0.05) is 5.56 Å². The lowest BCUT2D eigenvalue weighted by atomic mass is 10.00. The lowest BCUT2D eigenvalue weighted by Crippen LogP contribution is -2.25. The zero-order valence-corrected chi connectivity index (χ0v) is 17.1. The summed E-state index contributed by atoms with van der Waals surface area (Å²) in [6, 6.07) is 11.9. The number of aryl methyl sites for hydroxylation is 1. The summed E-state index contributed by atoms with van der Waals surface area (Å²) in [5.74, 6) is -0.228. The number of nitrogens with two attached hydrogens (primary N) is 1. The van der Waals surface area contributed by atoms with Gasteiger partial charge in [0.25, 0.3) is 0 Å². The number of benzene rings is 1. The number of fused-ring (bicyclic) bond motifs is 1. The number of hydrogen-bond donors (Lipinski definition) is 2. The first-order chi connectivity index (χ1) is 15.2. The molecule has 3 aromatic heterocycles. The van der Waals surface area contributed by atoms with E-state index in [2.05, 4.69) is 15.1 Å². The van der Waals surface area contributed by atoms with Gasteiger partial charge in [-0.15, -0.1) is 5.10 Å². The monoisotopic (exact) mass is 464 g/mol. The summed E-state index contributed by atoms with van der Waals surface area (Å²) in [5.41, 5.74) is 7.13. The van der Waals surface area contributed by atoms with Gasteiger partial charge in [-0.3, -0.25) is 0 Å². The predicted octanol–water partition coefficient (Wildman–Crippen LogP) is 3.30. The Kier molecular flexibility index (Phi) is 5.61. The highest BCUT2D eigenvalue weighted by atomic mass is 35.5. The van der Waals surface area contributed by atoms with Crippen LogP contribution in [0.2, 0.25) is 5.15 Å². The molecule has 8 nitrogen and oxygen atoms in total. The molecule has 0 atom stereocenters. The number of aromatic nitrogens is 5. The Bertz CT molecular complexity index is 1350. The van der Waals surface area contributed by atoms with Gasteiger partial charge < -0.3 is 10.8 Å². The van der Waals surface area contributed by atoms with Crippen LogP contribution in [0.4, 0.5) is 19.1 Å². The van der Waals surface area contributed by atoms with Crippen molar-refractivity contribution in [1.82, 2.24) is 24.1 Å². The second kappa shape index (κ2) is 8.24. The molecule has 0 aliphatic rings. The van der Waals surface area contributed by atoms with Crippen molar-refractivity contribution in [3.05, 3.63) is 63.8 Å². The average molecular weight is 465 g/mol. The van der Waals surface area contributed by atoms with Crippen molar-refractivity contribution in [1.29, 1.82) is 0 Å². The molecule has 0 unspecified atom stereocenters. The SMILES string of the molecule is Nc1nc(-c2ccccc2)c(-c2cc(Cl)nc(CO)c2)c2nn(CCC(F)(F)F)c(=O)n12. The largest absolute Gasteiger partial charge is 0.390 e. The minimum atomic E-state index is -4.47. The average Bonchev–Trinajstić information content (AvgIpc) is 3.08. The Morgan fingerprint density at radius 3 is 2.47 bits per heavy atom. The zero-order chi connectivity index (χ0) is 23.0. The van der Waals surface area contributed by atoms with Crippen LogP contribution in [-0.4, -0.2) is 35.4 Å². The number of aliphatic hydroxyl groups is 1. The number of hydrogen-bond acceptors (Lipinski definition) is 6. The molecule has 0 saturated carbocycles. The van der Waals surface area contributed by atoms with Crippen molar-refractivity contribution in [2.75, 3.05) is 5.73 Å². The van der Waals surface area contributed by atoms with Crippen molar-refractivity contribution in [3.63, 3.8) is 0 Å².